The van der Waals surface area contributed by atoms with Crippen molar-refractivity contribution in [2.45, 2.75) is 68.2 Å². The number of benzene rings is 2. The molecule has 5 fully saturated rings. The van der Waals surface area contributed by atoms with Crippen molar-refractivity contribution in [3.8, 4) is 11.4 Å². The fourth-order valence-corrected chi connectivity index (χ4v) is 8.00. The number of urea groups is 1. The number of aromatic nitrogens is 3. The molecular formula is C35H43F2N9O3. The third-order valence-corrected chi connectivity index (χ3v) is 10.7. The lowest BCUT2D eigenvalue weighted by molar-refractivity contribution is 0.0810. The average Bonchev–Trinajstić information content (AvgIpc) is 3.42. The van der Waals surface area contributed by atoms with E-state index in [1.165, 1.54) is 0 Å². The molecule has 2 amide bonds. The molecule has 0 radical (unpaired) electrons. The maximum atomic E-state index is 15.0. The Labute approximate surface area is 284 Å². The highest BCUT2D eigenvalue weighted by molar-refractivity contribution is 6.00. The van der Waals surface area contributed by atoms with Gasteiger partial charge in [-0.1, -0.05) is 0 Å². The molecule has 49 heavy (non-hydrogen) atoms. The Morgan fingerprint density at radius 3 is 1.76 bits per heavy atom. The van der Waals surface area contributed by atoms with Crippen molar-refractivity contribution in [2.75, 3.05) is 78.9 Å². The first-order chi connectivity index (χ1) is 23.8. The van der Waals surface area contributed by atoms with E-state index in [1.54, 1.807) is 12.1 Å². The zero-order valence-corrected chi connectivity index (χ0v) is 27.8. The lowest BCUT2D eigenvalue weighted by atomic mass is 10.0. The molecule has 2 N–H and O–H groups in total. The number of ether oxygens (including phenoxy) is 2. The van der Waals surface area contributed by atoms with E-state index in [9.17, 15) is 13.6 Å². The van der Waals surface area contributed by atoms with Crippen molar-refractivity contribution in [3.63, 3.8) is 0 Å². The summed E-state index contributed by atoms with van der Waals surface area (Å²) in [7, 11) is 4.28. The topological polar surface area (TPSA) is 111 Å². The monoisotopic (exact) mass is 675 g/mol. The lowest BCUT2D eigenvalue weighted by Gasteiger charge is -2.37. The van der Waals surface area contributed by atoms with Crippen LogP contribution in [0.1, 0.15) is 25.7 Å². The summed E-state index contributed by atoms with van der Waals surface area (Å²) in [6.45, 7) is 3.32. The molecule has 3 aromatic rings. The highest BCUT2D eigenvalue weighted by Gasteiger charge is 2.49. The summed E-state index contributed by atoms with van der Waals surface area (Å²) in [5.41, 5.74) is 3.14. The van der Waals surface area contributed by atoms with Gasteiger partial charge in [-0.05, 0) is 75.5 Å². The molecule has 4 bridgehead atoms. The summed E-state index contributed by atoms with van der Waals surface area (Å²) >= 11 is 0. The first-order valence-corrected chi connectivity index (χ1v) is 17.3. The molecular weight excluding hydrogens is 632 g/mol. The minimum absolute atomic E-state index is 0.186. The van der Waals surface area contributed by atoms with Crippen LogP contribution in [-0.4, -0.2) is 122 Å². The number of piperidine rings is 1. The molecule has 5 aliphatic heterocycles. The molecule has 2 aromatic carbocycles. The van der Waals surface area contributed by atoms with E-state index in [1.807, 2.05) is 46.2 Å². The first kappa shape index (κ1) is 32.1. The Bertz CT molecular complexity index is 1590. The molecule has 12 nitrogen and oxygen atoms in total. The average molecular weight is 676 g/mol. The summed E-state index contributed by atoms with van der Waals surface area (Å²) in [6, 6.07) is 14.1. The van der Waals surface area contributed by atoms with Crippen molar-refractivity contribution in [3.05, 3.63) is 48.5 Å². The first-order valence-electron chi connectivity index (χ1n) is 17.3. The molecule has 0 saturated carbocycles. The van der Waals surface area contributed by atoms with Crippen LogP contribution in [0.25, 0.3) is 11.4 Å². The Kier molecular flexibility index (Phi) is 8.70. The van der Waals surface area contributed by atoms with Gasteiger partial charge in [-0.3, -0.25) is 0 Å². The number of morpholine rings is 2. The molecule has 0 unspecified atom stereocenters. The summed E-state index contributed by atoms with van der Waals surface area (Å²) in [5, 5.41) is 5.80. The number of carbonyl (C=O) groups is 1. The van der Waals surface area contributed by atoms with Crippen LogP contribution in [0.4, 0.5) is 42.5 Å². The van der Waals surface area contributed by atoms with Gasteiger partial charge in [0.05, 0.1) is 50.6 Å². The van der Waals surface area contributed by atoms with Crippen LogP contribution in [0.3, 0.4) is 0 Å². The normalized spacial score (nSPS) is 28.3. The SMILES string of the molecule is CN(C)C1CCN(c2ccc(NC(=O)Nc3ccc(-c4nc(N5[C@@H]6COC[C@H]5[C@@H](F)C6)nc(N5[C@@H]6COC[C@H]5[C@@H](F)C6)n4)cc3)cc2)CC1. The van der Waals surface area contributed by atoms with E-state index >= 15 is 0 Å². The highest BCUT2D eigenvalue weighted by atomic mass is 19.1. The fourth-order valence-electron chi connectivity index (χ4n) is 8.00. The number of rotatable bonds is 7. The van der Waals surface area contributed by atoms with Gasteiger partial charge >= 0.3 is 6.03 Å². The number of hydrogen-bond donors (Lipinski definition) is 2. The molecule has 14 heteroatoms. The molecule has 6 heterocycles. The zero-order valence-electron chi connectivity index (χ0n) is 27.8. The predicted octanol–water partition coefficient (Wildman–Crippen LogP) is 4.34. The Hall–Kier alpha value is -4.14. The van der Waals surface area contributed by atoms with Gasteiger partial charge in [0.25, 0.3) is 0 Å². The Morgan fingerprint density at radius 2 is 1.27 bits per heavy atom. The number of nitrogens with zero attached hydrogens (tertiary/aromatic N) is 7. The lowest BCUT2D eigenvalue weighted by Crippen LogP contribution is -2.50. The van der Waals surface area contributed by atoms with Crippen molar-refractivity contribution in [1.82, 2.24) is 19.9 Å². The van der Waals surface area contributed by atoms with Gasteiger partial charge in [-0.2, -0.15) is 15.0 Å². The molecule has 6 atom stereocenters. The van der Waals surface area contributed by atoms with Gasteiger partial charge in [0.1, 0.15) is 12.3 Å². The van der Waals surface area contributed by atoms with Crippen molar-refractivity contribution in [1.29, 1.82) is 0 Å². The largest absolute Gasteiger partial charge is 0.377 e. The third kappa shape index (κ3) is 6.37. The van der Waals surface area contributed by atoms with Crippen LogP contribution in [0.15, 0.2) is 48.5 Å². The smallest absolute Gasteiger partial charge is 0.323 e. The third-order valence-electron chi connectivity index (χ3n) is 10.7. The number of carbonyl (C=O) groups excluding carboxylic acids is 1. The number of nitrogens with one attached hydrogen (secondary N) is 2. The summed E-state index contributed by atoms with van der Waals surface area (Å²) in [6.07, 6.45) is 0.856. The maximum Gasteiger partial charge on any atom is 0.323 e. The van der Waals surface area contributed by atoms with Crippen molar-refractivity contribution in [2.24, 2.45) is 0 Å². The van der Waals surface area contributed by atoms with Crippen LogP contribution in [0.5, 0.6) is 0 Å². The van der Waals surface area contributed by atoms with Gasteiger partial charge < -0.3 is 39.7 Å². The molecule has 5 saturated heterocycles. The van der Waals surface area contributed by atoms with Gasteiger partial charge in [0.2, 0.25) is 11.9 Å². The fraction of sp³-hybridized carbons (Fsp3) is 0.543. The number of alkyl halides is 2. The van der Waals surface area contributed by atoms with Gasteiger partial charge in [-0.25, -0.2) is 13.6 Å². The second kappa shape index (κ2) is 13.3. The quantitative estimate of drug-likeness (QED) is 0.375. The summed E-state index contributed by atoms with van der Waals surface area (Å²) in [4.78, 5) is 35.8. The highest BCUT2D eigenvalue weighted by Crippen LogP contribution is 2.39. The van der Waals surface area contributed by atoms with Gasteiger partial charge in [-0.15, -0.1) is 0 Å². The number of amides is 2. The van der Waals surface area contributed by atoms with Crippen LogP contribution in [0, 0.1) is 0 Å². The van der Waals surface area contributed by atoms with Crippen molar-refractivity contribution < 1.29 is 23.0 Å². The van der Waals surface area contributed by atoms with Crippen LogP contribution < -0.4 is 25.3 Å². The van der Waals surface area contributed by atoms with Crippen LogP contribution in [-0.2, 0) is 9.47 Å². The molecule has 8 rings (SSSR count). The Balaban J connectivity index is 0.973. The molecule has 1 aromatic heterocycles. The molecule has 0 spiro atoms. The maximum absolute atomic E-state index is 15.0. The minimum atomic E-state index is -1.05. The zero-order chi connectivity index (χ0) is 33.6. The van der Waals surface area contributed by atoms with E-state index in [0.717, 1.165) is 31.6 Å². The Morgan fingerprint density at radius 1 is 0.755 bits per heavy atom. The number of anilines is 5. The molecule has 260 valence electrons. The number of hydrogen-bond acceptors (Lipinski definition) is 10. The van der Waals surface area contributed by atoms with E-state index in [4.69, 9.17) is 24.4 Å². The molecule has 5 aliphatic rings. The predicted molar refractivity (Wildman–Crippen MR) is 184 cm³/mol. The number of fused-ring (bicyclic) bond motifs is 4. The van der Waals surface area contributed by atoms with E-state index in [-0.39, 0.29) is 31.3 Å². The van der Waals surface area contributed by atoms with E-state index in [0.29, 0.717) is 66.8 Å². The summed E-state index contributed by atoms with van der Waals surface area (Å²) in [5.74, 6) is 1.13. The van der Waals surface area contributed by atoms with Crippen LogP contribution >= 0.6 is 0 Å². The van der Waals surface area contributed by atoms with Gasteiger partial charge in [0, 0.05) is 54.6 Å². The standard InChI is InChI=1S/C35H43F2N9O3/c1-43(2)24-11-13-44(14-12-24)25-9-7-23(8-10-25)39-35(47)38-22-5-3-21(4-6-22)32-40-33(45-26-15-28(36)30(45)19-48-17-26)42-34(41-32)46-27-16-29(37)31(46)20-49-18-27/h3-10,24,26-31H,11-20H2,1-2H3,(H2,38,39,47)/t26-,27-,28-,29-,30-,31-/m0/s1. The van der Waals surface area contributed by atoms with E-state index < -0.39 is 24.4 Å². The minimum Gasteiger partial charge on any atom is -0.377 e. The second-order valence-corrected chi connectivity index (χ2v) is 14.0. The summed E-state index contributed by atoms with van der Waals surface area (Å²) < 4.78 is 41.3. The van der Waals surface area contributed by atoms with Crippen LogP contribution in [0.2, 0.25) is 0 Å². The molecule has 0 aliphatic carbocycles. The van der Waals surface area contributed by atoms with Gasteiger partial charge in [0.15, 0.2) is 5.82 Å². The number of halogens is 2. The van der Waals surface area contributed by atoms with Crippen molar-refractivity contribution >= 4 is 35.0 Å². The van der Waals surface area contributed by atoms with E-state index in [2.05, 4.69) is 34.5 Å². The second-order valence-electron chi connectivity index (χ2n) is 14.0.